The molecule has 0 spiro atoms. The van der Waals surface area contributed by atoms with Gasteiger partial charge in [-0.2, -0.15) is 0 Å². The molecule has 0 unspecified atom stereocenters. The van der Waals surface area contributed by atoms with E-state index in [4.69, 9.17) is 10.5 Å². The molecule has 2 rings (SSSR count). The first-order chi connectivity index (χ1) is 11.1. The summed E-state index contributed by atoms with van der Waals surface area (Å²) in [6.45, 7) is 8.52. The van der Waals surface area contributed by atoms with Crippen molar-refractivity contribution in [1.29, 1.82) is 0 Å². The van der Waals surface area contributed by atoms with Gasteiger partial charge in [-0.3, -0.25) is 0 Å². The molecule has 0 bridgehead atoms. The summed E-state index contributed by atoms with van der Waals surface area (Å²) in [5, 5.41) is 8.45. The number of aryl methyl sites for hydroxylation is 2. The van der Waals surface area contributed by atoms with E-state index in [1.54, 1.807) is 0 Å². The molecule has 0 fully saturated rings. The predicted octanol–water partition coefficient (Wildman–Crippen LogP) is 3.10. The van der Waals surface area contributed by atoms with E-state index < -0.39 is 0 Å². The predicted molar refractivity (Wildman–Crippen MR) is 92.4 cm³/mol. The van der Waals surface area contributed by atoms with Crippen LogP contribution in [0.25, 0.3) is 0 Å². The molecule has 5 nitrogen and oxygen atoms in total. The average Bonchev–Trinajstić information content (AvgIpc) is 2.88. The van der Waals surface area contributed by atoms with Crippen molar-refractivity contribution in [2.75, 3.05) is 6.61 Å². The van der Waals surface area contributed by atoms with E-state index in [9.17, 15) is 0 Å². The van der Waals surface area contributed by atoms with Gasteiger partial charge in [0, 0.05) is 13.1 Å². The number of nitrogens with two attached hydrogens (primary N) is 1. The summed E-state index contributed by atoms with van der Waals surface area (Å²) >= 11 is 0. The van der Waals surface area contributed by atoms with Gasteiger partial charge in [0.2, 0.25) is 0 Å². The van der Waals surface area contributed by atoms with E-state index in [2.05, 4.69) is 43.2 Å². The summed E-state index contributed by atoms with van der Waals surface area (Å²) in [6.07, 6.45) is 2.98. The Morgan fingerprint density at radius 1 is 1.26 bits per heavy atom. The van der Waals surface area contributed by atoms with Gasteiger partial charge in [0.15, 0.2) is 0 Å². The minimum absolute atomic E-state index is 0.457. The highest BCUT2D eigenvalue weighted by Gasteiger charge is 2.12. The average molecular weight is 316 g/mol. The van der Waals surface area contributed by atoms with Gasteiger partial charge in [-0.25, -0.2) is 4.68 Å². The first kappa shape index (κ1) is 17.5. The molecule has 0 saturated heterocycles. The van der Waals surface area contributed by atoms with Crippen LogP contribution in [-0.2, 0) is 19.5 Å². The molecule has 126 valence electrons. The first-order valence-corrected chi connectivity index (χ1v) is 8.41. The van der Waals surface area contributed by atoms with Crippen LogP contribution in [0.4, 0.5) is 0 Å². The van der Waals surface area contributed by atoms with Crippen LogP contribution in [0.15, 0.2) is 24.3 Å². The van der Waals surface area contributed by atoms with Crippen molar-refractivity contribution in [2.45, 2.75) is 53.1 Å². The van der Waals surface area contributed by atoms with Crippen LogP contribution < -0.4 is 10.5 Å². The monoisotopic (exact) mass is 316 g/mol. The van der Waals surface area contributed by atoms with E-state index in [0.29, 0.717) is 12.5 Å². The van der Waals surface area contributed by atoms with Crippen LogP contribution in [0, 0.1) is 12.8 Å². The molecular formula is C18H28N4O. The fraction of sp³-hybridized carbons (Fsp3) is 0.556. The number of rotatable bonds is 9. The van der Waals surface area contributed by atoms with Crippen molar-refractivity contribution in [3.63, 3.8) is 0 Å². The summed E-state index contributed by atoms with van der Waals surface area (Å²) in [5.41, 5.74) is 9.09. The Hall–Kier alpha value is -1.88. The first-order valence-electron chi connectivity index (χ1n) is 8.41. The second-order valence-electron chi connectivity index (χ2n) is 6.38. The number of benzene rings is 1. The second kappa shape index (κ2) is 8.67. The molecule has 0 saturated carbocycles. The Morgan fingerprint density at radius 2 is 2.09 bits per heavy atom. The highest BCUT2D eigenvalue weighted by molar-refractivity contribution is 5.27. The maximum atomic E-state index is 5.78. The van der Waals surface area contributed by atoms with Gasteiger partial charge in [0.1, 0.15) is 5.75 Å². The fourth-order valence-electron chi connectivity index (χ4n) is 2.58. The van der Waals surface area contributed by atoms with Gasteiger partial charge in [0.05, 0.1) is 18.0 Å². The molecule has 0 amide bonds. The maximum absolute atomic E-state index is 5.78. The molecule has 0 radical (unpaired) electrons. The van der Waals surface area contributed by atoms with E-state index in [1.165, 1.54) is 11.3 Å². The SMILES string of the molecule is Cc1cccc(OCCCCn2nnc(CN)c2CC(C)C)c1. The standard InChI is InChI=1S/C18H28N4O/c1-14(2)11-18-17(13-19)20-21-22(18)9-4-5-10-23-16-8-6-7-15(3)12-16/h6-8,12,14H,4-5,9-11,13,19H2,1-3H3. The van der Waals surface area contributed by atoms with Crippen molar-refractivity contribution in [2.24, 2.45) is 11.7 Å². The highest BCUT2D eigenvalue weighted by Crippen LogP contribution is 2.14. The molecule has 0 aliphatic heterocycles. The second-order valence-corrected chi connectivity index (χ2v) is 6.38. The van der Waals surface area contributed by atoms with Crippen LogP contribution in [-0.4, -0.2) is 21.6 Å². The summed E-state index contributed by atoms with van der Waals surface area (Å²) < 4.78 is 7.79. The summed E-state index contributed by atoms with van der Waals surface area (Å²) in [5.74, 6) is 1.51. The number of unbranched alkanes of at least 4 members (excludes halogenated alkanes) is 1. The fourth-order valence-corrected chi connectivity index (χ4v) is 2.58. The molecule has 1 heterocycles. The number of hydrogen-bond acceptors (Lipinski definition) is 4. The van der Waals surface area contributed by atoms with Gasteiger partial charge in [-0.15, -0.1) is 5.10 Å². The van der Waals surface area contributed by atoms with Crippen molar-refractivity contribution < 1.29 is 4.74 Å². The summed E-state index contributed by atoms with van der Waals surface area (Å²) in [6, 6.07) is 8.15. The Bertz CT molecular complexity index is 607. The zero-order valence-electron chi connectivity index (χ0n) is 14.5. The molecule has 1 aromatic heterocycles. The van der Waals surface area contributed by atoms with Crippen molar-refractivity contribution in [3.8, 4) is 5.75 Å². The van der Waals surface area contributed by atoms with Crippen LogP contribution in [0.2, 0.25) is 0 Å². The molecule has 23 heavy (non-hydrogen) atoms. The lowest BCUT2D eigenvalue weighted by atomic mass is 10.1. The molecule has 0 aliphatic carbocycles. The summed E-state index contributed by atoms with van der Waals surface area (Å²) in [4.78, 5) is 0. The van der Waals surface area contributed by atoms with Crippen molar-refractivity contribution in [1.82, 2.24) is 15.0 Å². The van der Waals surface area contributed by atoms with Crippen LogP contribution in [0.1, 0.15) is 43.6 Å². The van der Waals surface area contributed by atoms with E-state index in [1.807, 2.05) is 16.8 Å². The highest BCUT2D eigenvalue weighted by atomic mass is 16.5. The smallest absolute Gasteiger partial charge is 0.119 e. The molecule has 2 N–H and O–H groups in total. The van der Waals surface area contributed by atoms with Crippen molar-refractivity contribution >= 4 is 0 Å². The Kier molecular flexibility index (Phi) is 6.59. The quantitative estimate of drug-likeness (QED) is 0.722. The van der Waals surface area contributed by atoms with Gasteiger partial charge >= 0.3 is 0 Å². The normalized spacial score (nSPS) is 11.2. The molecule has 5 heteroatoms. The lowest BCUT2D eigenvalue weighted by Gasteiger charge is -2.10. The molecule has 0 aliphatic rings. The minimum atomic E-state index is 0.457. The van der Waals surface area contributed by atoms with Gasteiger partial charge in [0.25, 0.3) is 0 Å². The lowest BCUT2D eigenvalue weighted by Crippen LogP contribution is -2.11. The zero-order valence-corrected chi connectivity index (χ0v) is 14.5. The van der Waals surface area contributed by atoms with E-state index in [-0.39, 0.29) is 0 Å². The van der Waals surface area contributed by atoms with Crippen molar-refractivity contribution in [3.05, 3.63) is 41.2 Å². The number of nitrogens with zero attached hydrogens (tertiary/aromatic N) is 3. The van der Waals surface area contributed by atoms with Crippen LogP contribution in [0.5, 0.6) is 5.75 Å². The topological polar surface area (TPSA) is 66.0 Å². The van der Waals surface area contributed by atoms with Crippen LogP contribution in [0.3, 0.4) is 0 Å². The lowest BCUT2D eigenvalue weighted by molar-refractivity contribution is 0.300. The number of hydrogen-bond donors (Lipinski definition) is 1. The van der Waals surface area contributed by atoms with Gasteiger partial charge in [-0.1, -0.05) is 31.2 Å². The number of ether oxygens (including phenoxy) is 1. The van der Waals surface area contributed by atoms with Crippen LogP contribution >= 0.6 is 0 Å². The molecule has 1 aromatic carbocycles. The van der Waals surface area contributed by atoms with E-state index in [0.717, 1.165) is 43.9 Å². The number of aromatic nitrogens is 3. The third-order valence-electron chi connectivity index (χ3n) is 3.74. The van der Waals surface area contributed by atoms with Gasteiger partial charge < -0.3 is 10.5 Å². The maximum Gasteiger partial charge on any atom is 0.119 e. The third-order valence-corrected chi connectivity index (χ3v) is 3.74. The zero-order chi connectivity index (χ0) is 16.7. The Labute approximate surface area is 138 Å². The Balaban J connectivity index is 1.79. The Morgan fingerprint density at radius 3 is 2.78 bits per heavy atom. The molecule has 2 aromatic rings. The molecular weight excluding hydrogens is 288 g/mol. The minimum Gasteiger partial charge on any atom is -0.494 e. The largest absolute Gasteiger partial charge is 0.494 e. The molecule has 0 atom stereocenters. The van der Waals surface area contributed by atoms with E-state index >= 15 is 0 Å². The summed E-state index contributed by atoms with van der Waals surface area (Å²) in [7, 11) is 0. The van der Waals surface area contributed by atoms with Gasteiger partial charge in [-0.05, 0) is 49.8 Å². The third kappa shape index (κ3) is 5.36.